The molecule has 0 aliphatic rings. The number of amides is 1. The summed E-state index contributed by atoms with van der Waals surface area (Å²) in [5.74, 6) is -0.219. The number of para-hydroxylation sites is 1. The number of benzene rings is 3. The Morgan fingerprint density at radius 1 is 0.903 bits per heavy atom. The highest BCUT2D eigenvalue weighted by Crippen LogP contribution is 2.28. The van der Waals surface area contributed by atoms with Crippen molar-refractivity contribution in [3.05, 3.63) is 77.9 Å². The molecule has 0 aromatic heterocycles. The van der Waals surface area contributed by atoms with Gasteiger partial charge in [-0.3, -0.25) is 4.79 Å². The van der Waals surface area contributed by atoms with Crippen molar-refractivity contribution in [2.75, 3.05) is 25.4 Å². The van der Waals surface area contributed by atoms with Crippen LogP contribution in [0.1, 0.15) is 20.7 Å². The van der Waals surface area contributed by atoms with Gasteiger partial charge in [-0.1, -0.05) is 12.1 Å². The molecule has 1 amide bonds. The van der Waals surface area contributed by atoms with Crippen LogP contribution in [-0.2, 0) is 4.84 Å². The van der Waals surface area contributed by atoms with Gasteiger partial charge in [0.1, 0.15) is 0 Å². The van der Waals surface area contributed by atoms with E-state index in [1.807, 2.05) is 0 Å². The maximum Gasteiger partial charge on any atom is 0.362 e. The molecule has 0 saturated heterocycles. The van der Waals surface area contributed by atoms with Crippen molar-refractivity contribution in [3.8, 4) is 11.5 Å². The molecule has 0 aliphatic heterocycles. The Bertz CT molecular complexity index is 1110. The zero-order chi connectivity index (χ0) is 22.2. The monoisotopic (exact) mass is 420 g/mol. The summed E-state index contributed by atoms with van der Waals surface area (Å²) in [5.41, 5.74) is 10.2. The average Bonchev–Trinajstić information content (AvgIpc) is 2.81. The van der Waals surface area contributed by atoms with Gasteiger partial charge in [-0.2, -0.15) is 0 Å². The van der Waals surface area contributed by atoms with E-state index in [2.05, 4.69) is 15.7 Å². The molecule has 0 unspecified atom stereocenters. The Labute approximate surface area is 178 Å². The van der Waals surface area contributed by atoms with E-state index in [0.29, 0.717) is 28.6 Å². The van der Waals surface area contributed by atoms with Crippen molar-refractivity contribution < 1.29 is 23.9 Å². The Hall–Kier alpha value is -4.40. The minimum absolute atomic E-state index is 0.284. The number of nitrogens with one attached hydrogen (secondary N) is 1. The molecule has 3 aromatic carbocycles. The summed E-state index contributed by atoms with van der Waals surface area (Å²) in [7, 11) is 2.99. The van der Waals surface area contributed by atoms with Gasteiger partial charge in [0.25, 0.3) is 5.91 Å². The summed E-state index contributed by atoms with van der Waals surface area (Å²) in [6, 6.07) is 17.8. The zero-order valence-electron chi connectivity index (χ0n) is 16.9. The lowest BCUT2D eigenvalue weighted by atomic mass is 10.2. The van der Waals surface area contributed by atoms with Crippen molar-refractivity contribution in [1.29, 1.82) is 0 Å². The van der Waals surface area contributed by atoms with Gasteiger partial charge in [-0.15, -0.1) is 10.2 Å². The van der Waals surface area contributed by atoms with Crippen molar-refractivity contribution in [1.82, 2.24) is 0 Å². The number of carbonyl (C=O) groups is 2. The van der Waals surface area contributed by atoms with E-state index in [-0.39, 0.29) is 11.1 Å². The van der Waals surface area contributed by atoms with Crippen LogP contribution in [0, 0.1) is 0 Å². The molecule has 0 bridgehead atoms. The van der Waals surface area contributed by atoms with Gasteiger partial charge in [-0.05, 0) is 54.6 Å². The van der Waals surface area contributed by atoms with E-state index in [1.54, 1.807) is 60.7 Å². The maximum atomic E-state index is 12.2. The van der Waals surface area contributed by atoms with Crippen molar-refractivity contribution in [2.45, 2.75) is 0 Å². The molecule has 3 rings (SSSR count). The van der Waals surface area contributed by atoms with E-state index in [4.69, 9.17) is 20.0 Å². The number of carbonyl (C=O) groups excluding carboxylic acids is 2. The third kappa shape index (κ3) is 5.36. The van der Waals surface area contributed by atoms with Crippen molar-refractivity contribution in [3.63, 3.8) is 0 Å². The summed E-state index contributed by atoms with van der Waals surface area (Å²) < 4.78 is 10.3. The van der Waals surface area contributed by atoms with E-state index in [0.717, 1.165) is 0 Å². The second-order valence-corrected chi connectivity index (χ2v) is 6.20. The molecular weight excluding hydrogens is 400 g/mol. The van der Waals surface area contributed by atoms with Crippen LogP contribution in [0.4, 0.5) is 17.1 Å². The molecule has 0 radical (unpaired) electrons. The van der Waals surface area contributed by atoms with E-state index >= 15 is 0 Å². The molecule has 0 fully saturated rings. The fraction of sp³-hybridized carbons (Fsp3) is 0.0909. The lowest BCUT2D eigenvalue weighted by Crippen LogP contribution is -2.11. The first kappa shape index (κ1) is 21.3. The standard InChI is InChI=1S/C22H20N4O5/c1-29-19-12-7-14(13-20(19)30-2)22(28)31-26-16-10-8-15(9-11-16)24-25-21(27)17-5-3-4-6-18(17)23/h3-13,26H,23H2,1-2H3. The van der Waals surface area contributed by atoms with Gasteiger partial charge in [0.05, 0.1) is 36.7 Å². The highest BCUT2D eigenvalue weighted by molar-refractivity contribution is 5.99. The summed E-state index contributed by atoms with van der Waals surface area (Å²) in [5, 5.41) is 7.58. The Morgan fingerprint density at radius 3 is 2.29 bits per heavy atom. The number of ether oxygens (including phenoxy) is 2. The lowest BCUT2D eigenvalue weighted by molar-refractivity contribution is 0.0596. The fourth-order valence-corrected chi connectivity index (χ4v) is 2.57. The molecular formula is C22H20N4O5. The molecule has 3 N–H and O–H groups in total. The van der Waals surface area contributed by atoms with E-state index in [9.17, 15) is 9.59 Å². The molecule has 0 spiro atoms. The number of hydrogen-bond acceptors (Lipinski definition) is 8. The fourth-order valence-electron chi connectivity index (χ4n) is 2.57. The van der Waals surface area contributed by atoms with Crippen LogP contribution in [0.2, 0.25) is 0 Å². The van der Waals surface area contributed by atoms with Crippen LogP contribution in [0.25, 0.3) is 0 Å². The van der Waals surface area contributed by atoms with Gasteiger partial charge in [0, 0.05) is 5.69 Å². The minimum atomic E-state index is -0.601. The number of hydrogen-bond donors (Lipinski definition) is 2. The van der Waals surface area contributed by atoms with E-state index in [1.165, 1.54) is 20.3 Å². The molecule has 31 heavy (non-hydrogen) atoms. The molecule has 0 aliphatic carbocycles. The summed E-state index contributed by atoms with van der Waals surface area (Å²) >= 11 is 0. The van der Waals surface area contributed by atoms with Crippen molar-refractivity contribution >= 4 is 28.9 Å². The van der Waals surface area contributed by atoms with Gasteiger partial charge < -0.3 is 20.0 Å². The second-order valence-electron chi connectivity index (χ2n) is 6.20. The second kappa shape index (κ2) is 9.88. The van der Waals surface area contributed by atoms with Gasteiger partial charge in [0.15, 0.2) is 11.5 Å². The lowest BCUT2D eigenvalue weighted by Gasteiger charge is -2.10. The first-order chi connectivity index (χ1) is 15.0. The molecule has 158 valence electrons. The smallest absolute Gasteiger partial charge is 0.362 e. The van der Waals surface area contributed by atoms with Gasteiger partial charge in [0.2, 0.25) is 0 Å². The van der Waals surface area contributed by atoms with Crippen LogP contribution in [0.15, 0.2) is 77.0 Å². The van der Waals surface area contributed by atoms with Crippen LogP contribution in [0.5, 0.6) is 11.5 Å². The third-order valence-electron chi connectivity index (χ3n) is 4.20. The van der Waals surface area contributed by atoms with Gasteiger partial charge >= 0.3 is 5.97 Å². The maximum absolute atomic E-state index is 12.2. The number of nitrogen functional groups attached to an aromatic ring is 1. The first-order valence-corrected chi connectivity index (χ1v) is 9.11. The Kier molecular flexibility index (Phi) is 6.79. The number of anilines is 2. The van der Waals surface area contributed by atoms with Crippen LogP contribution in [0.3, 0.4) is 0 Å². The van der Waals surface area contributed by atoms with Crippen molar-refractivity contribution in [2.24, 2.45) is 10.2 Å². The SMILES string of the molecule is COc1ccc(C(=O)ONc2ccc(N=NC(=O)c3ccccc3N)cc2)cc1OC. The van der Waals surface area contributed by atoms with E-state index < -0.39 is 11.9 Å². The summed E-state index contributed by atoms with van der Waals surface area (Å²) in [6.07, 6.45) is 0. The number of methoxy groups -OCH3 is 2. The minimum Gasteiger partial charge on any atom is -0.493 e. The first-order valence-electron chi connectivity index (χ1n) is 9.11. The molecule has 9 nitrogen and oxygen atoms in total. The predicted octanol–water partition coefficient (Wildman–Crippen LogP) is 4.39. The average molecular weight is 420 g/mol. The van der Waals surface area contributed by atoms with Crippen LogP contribution in [-0.4, -0.2) is 26.1 Å². The highest BCUT2D eigenvalue weighted by atomic mass is 16.7. The third-order valence-corrected chi connectivity index (χ3v) is 4.20. The van der Waals surface area contributed by atoms with Crippen LogP contribution >= 0.6 is 0 Å². The molecule has 0 heterocycles. The zero-order valence-corrected chi connectivity index (χ0v) is 16.9. The normalized spacial score (nSPS) is 10.5. The van der Waals surface area contributed by atoms with Crippen LogP contribution < -0.4 is 20.7 Å². The predicted molar refractivity (Wildman–Crippen MR) is 115 cm³/mol. The molecule has 0 saturated carbocycles. The largest absolute Gasteiger partial charge is 0.493 e. The number of rotatable bonds is 7. The number of nitrogens with zero attached hydrogens (tertiary/aromatic N) is 2. The summed E-state index contributed by atoms with van der Waals surface area (Å²) in [4.78, 5) is 29.4. The van der Waals surface area contributed by atoms with Gasteiger partial charge in [-0.25, -0.2) is 10.3 Å². The Morgan fingerprint density at radius 2 is 1.61 bits per heavy atom. The molecule has 3 aromatic rings. The quantitative estimate of drug-likeness (QED) is 0.330. The molecule has 9 heteroatoms. The number of nitrogens with two attached hydrogens (primary N) is 1. The highest BCUT2D eigenvalue weighted by Gasteiger charge is 2.12. The molecule has 0 atom stereocenters. The number of azo groups is 1. The summed E-state index contributed by atoms with van der Waals surface area (Å²) in [6.45, 7) is 0. The Balaban J connectivity index is 1.59. The topological polar surface area (TPSA) is 125 Å².